The zero-order valence-corrected chi connectivity index (χ0v) is 14.3. The Morgan fingerprint density at radius 1 is 1.27 bits per heavy atom. The molecule has 26 heavy (non-hydrogen) atoms. The van der Waals surface area contributed by atoms with Crippen molar-refractivity contribution in [2.75, 3.05) is 13.1 Å². The van der Waals surface area contributed by atoms with Crippen LogP contribution in [0.25, 0.3) is 11.0 Å². The molecule has 1 fully saturated rings. The summed E-state index contributed by atoms with van der Waals surface area (Å²) >= 11 is 0. The van der Waals surface area contributed by atoms with E-state index < -0.39 is 0 Å². The van der Waals surface area contributed by atoms with E-state index in [1.54, 1.807) is 35.4 Å². The number of pyridine rings is 1. The van der Waals surface area contributed by atoms with Gasteiger partial charge in [-0.25, -0.2) is 4.98 Å². The average molecular weight is 350 g/mol. The smallest absolute Gasteiger partial charge is 0.289 e. The summed E-state index contributed by atoms with van der Waals surface area (Å²) < 4.78 is 11.5. The fraction of sp³-hybridized carbons (Fsp3) is 0.250. The summed E-state index contributed by atoms with van der Waals surface area (Å²) in [7, 11) is 0. The molecule has 1 unspecified atom stereocenters. The fourth-order valence-electron chi connectivity index (χ4n) is 3.07. The summed E-state index contributed by atoms with van der Waals surface area (Å²) in [4.78, 5) is 30.8. The Balaban J connectivity index is 1.49. The number of ether oxygens (including phenoxy) is 1. The number of hydrogen-bond acceptors (Lipinski definition) is 5. The maximum absolute atomic E-state index is 12.7. The monoisotopic (exact) mass is 350 g/mol. The van der Waals surface area contributed by atoms with Gasteiger partial charge in [0.2, 0.25) is 5.88 Å². The molecule has 6 nitrogen and oxygen atoms in total. The second-order valence-electron chi connectivity index (χ2n) is 6.42. The number of nitrogens with zero attached hydrogens (tertiary/aromatic N) is 2. The molecule has 0 spiro atoms. The number of carbonyl (C=O) groups excluding carboxylic acids is 1. The number of fused-ring (bicyclic) bond motifs is 1. The van der Waals surface area contributed by atoms with E-state index in [1.165, 1.54) is 6.07 Å². The van der Waals surface area contributed by atoms with E-state index >= 15 is 0 Å². The molecule has 0 radical (unpaired) electrons. The minimum absolute atomic E-state index is 0.0582. The summed E-state index contributed by atoms with van der Waals surface area (Å²) in [5.41, 5.74) is 1.26. The van der Waals surface area contributed by atoms with Gasteiger partial charge in [-0.05, 0) is 24.6 Å². The molecule has 6 heteroatoms. The largest absolute Gasteiger partial charge is 0.472 e. The van der Waals surface area contributed by atoms with Crippen LogP contribution in [0.5, 0.6) is 5.88 Å². The van der Waals surface area contributed by atoms with Crippen LogP contribution in [0.3, 0.4) is 0 Å². The van der Waals surface area contributed by atoms with Crippen LogP contribution in [-0.2, 0) is 0 Å². The molecule has 1 aliphatic heterocycles. The Morgan fingerprint density at radius 3 is 2.92 bits per heavy atom. The standard InChI is InChI=1S/C20H18N2O4/c1-13-6-7-19(21-11-13)25-14-8-9-22(12-14)20(24)18-10-16(23)15-4-2-3-5-17(15)26-18/h2-7,10-11,14H,8-9,12H2,1H3. The van der Waals surface area contributed by atoms with Crippen LogP contribution in [0.2, 0.25) is 0 Å². The number of aryl methyl sites for hydroxylation is 1. The highest BCUT2D eigenvalue weighted by Crippen LogP contribution is 2.20. The topological polar surface area (TPSA) is 72.6 Å². The third-order valence-corrected chi connectivity index (χ3v) is 4.45. The molecule has 132 valence electrons. The SMILES string of the molecule is Cc1ccc(OC2CCN(C(=O)c3cc(=O)c4ccccc4o3)C2)nc1. The summed E-state index contributed by atoms with van der Waals surface area (Å²) in [6, 6.07) is 11.9. The van der Waals surface area contributed by atoms with E-state index in [2.05, 4.69) is 4.98 Å². The van der Waals surface area contributed by atoms with Gasteiger partial charge >= 0.3 is 0 Å². The first-order valence-electron chi connectivity index (χ1n) is 8.51. The van der Waals surface area contributed by atoms with Gasteiger partial charge in [0.25, 0.3) is 5.91 Å². The molecule has 1 atom stereocenters. The first kappa shape index (κ1) is 16.3. The molecule has 0 N–H and O–H groups in total. The molecule has 1 amide bonds. The Kier molecular flexibility index (Phi) is 4.16. The average Bonchev–Trinajstić information content (AvgIpc) is 3.11. The second-order valence-corrected chi connectivity index (χ2v) is 6.42. The van der Waals surface area contributed by atoms with Crippen LogP contribution in [0.1, 0.15) is 22.5 Å². The molecule has 3 aromatic rings. The van der Waals surface area contributed by atoms with Crippen molar-refractivity contribution in [3.8, 4) is 5.88 Å². The normalized spacial score (nSPS) is 16.8. The third kappa shape index (κ3) is 3.18. The predicted octanol–water partition coefficient (Wildman–Crippen LogP) is 2.79. The molecule has 1 aromatic carbocycles. The predicted molar refractivity (Wildman–Crippen MR) is 96.4 cm³/mol. The third-order valence-electron chi connectivity index (χ3n) is 4.45. The van der Waals surface area contributed by atoms with Gasteiger partial charge in [0.05, 0.1) is 11.9 Å². The highest BCUT2D eigenvalue weighted by Gasteiger charge is 2.30. The van der Waals surface area contributed by atoms with Crippen LogP contribution in [0, 0.1) is 6.92 Å². The maximum Gasteiger partial charge on any atom is 0.289 e. The molecule has 0 saturated carbocycles. The molecule has 0 aliphatic carbocycles. The summed E-state index contributed by atoms with van der Waals surface area (Å²) in [6.45, 7) is 2.95. The van der Waals surface area contributed by atoms with E-state index in [4.69, 9.17) is 9.15 Å². The number of aromatic nitrogens is 1. The van der Waals surface area contributed by atoms with Gasteiger partial charge in [-0.1, -0.05) is 18.2 Å². The number of benzene rings is 1. The Bertz CT molecular complexity index is 1010. The number of amides is 1. The molecular formula is C20H18N2O4. The first-order chi connectivity index (χ1) is 12.6. The number of para-hydroxylation sites is 1. The molecular weight excluding hydrogens is 332 g/mol. The van der Waals surface area contributed by atoms with Crippen LogP contribution >= 0.6 is 0 Å². The van der Waals surface area contributed by atoms with Crippen molar-refractivity contribution in [3.05, 3.63) is 70.2 Å². The zero-order chi connectivity index (χ0) is 18.1. The number of carbonyl (C=O) groups is 1. The lowest BCUT2D eigenvalue weighted by atomic mass is 10.2. The van der Waals surface area contributed by atoms with Gasteiger partial charge in [-0.3, -0.25) is 9.59 Å². The van der Waals surface area contributed by atoms with Gasteiger partial charge in [0.1, 0.15) is 11.7 Å². The first-order valence-corrected chi connectivity index (χ1v) is 8.51. The molecule has 1 saturated heterocycles. The van der Waals surface area contributed by atoms with Crippen LogP contribution in [0.4, 0.5) is 0 Å². The number of likely N-dealkylation sites (tertiary alicyclic amines) is 1. The van der Waals surface area contributed by atoms with Crippen molar-refractivity contribution < 1.29 is 13.9 Å². The lowest BCUT2D eigenvalue weighted by Crippen LogP contribution is -2.31. The van der Waals surface area contributed by atoms with Gasteiger partial charge < -0.3 is 14.1 Å². The second kappa shape index (κ2) is 6.63. The van der Waals surface area contributed by atoms with Crippen molar-refractivity contribution in [2.45, 2.75) is 19.4 Å². The Hall–Kier alpha value is -3.15. The minimum Gasteiger partial charge on any atom is -0.472 e. The van der Waals surface area contributed by atoms with Crippen molar-refractivity contribution >= 4 is 16.9 Å². The van der Waals surface area contributed by atoms with Crippen LogP contribution in [-0.4, -0.2) is 35.0 Å². The van der Waals surface area contributed by atoms with Gasteiger partial charge in [0, 0.05) is 31.3 Å². The lowest BCUT2D eigenvalue weighted by molar-refractivity contribution is 0.0740. The quantitative estimate of drug-likeness (QED) is 0.726. The van der Waals surface area contributed by atoms with E-state index in [1.807, 2.05) is 19.1 Å². The summed E-state index contributed by atoms with van der Waals surface area (Å²) in [5, 5.41) is 0.470. The maximum atomic E-state index is 12.7. The zero-order valence-electron chi connectivity index (χ0n) is 14.3. The molecule has 2 aromatic heterocycles. The van der Waals surface area contributed by atoms with Crippen molar-refractivity contribution in [1.29, 1.82) is 0 Å². The molecule has 1 aliphatic rings. The fourth-order valence-corrected chi connectivity index (χ4v) is 3.07. The lowest BCUT2D eigenvalue weighted by Gasteiger charge is -2.16. The highest BCUT2D eigenvalue weighted by atomic mass is 16.5. The van der Waals surface area contributed by atoms with Gasteiger partial charge in [-0.15, -0.1) is 0 Å². The van der Waals surface area contributed by atoms with Gasteiger partial charge in [-0.2, -0.15) is 0 Å². The van der Waals surface area contributed by atoms with Crippen LogP contribution < -0.4 is 10.2 Å². The molecule has 3 heterocycles. The van der Waals surface area contributed by atoms with E-state index in [9.17, 15) is 9.59 Å². The summed E-state index contributed by atoms with van der Waals surface area (Å²) in [5.74, 6) is 0.311. The molecule has 4 rings (SSSR count). The van der Waals surface area contributed by atoms with E-state index in [0.717, 1.165) is 5.56 Å². The minimum atomic E-state index is -0.296. The van der Waals surface area contributed by atoms with Crippen molar-refractivity contribution in [2.24, 2.45) is 0 Å². The Morgan fingerprint density at radius 2 is 2.12 bits per heavy atom. The van der Waals surface area contributed by atoms with Crippen LogP contribution in [0.15, 0.2) is 57.9 Å². The number of rotatable bonds is 3. The Labute approximate surface area is 150 Å². The summed E-state index contributed by atoms with van der Waals surface area (Å²) in [6.07, 6.45) is 2.33. The van der Waals surface area contributed by atoms with Crippen molar-refractivity contribution in [1.82, 2.24) is 9.88 Å². The van der Waals surface area contributed by atoms with E-state index in [0.29, 0.717) is 36.4 Å². The molecule has 0 bridgehead atoms. The number of hydrogen-bond donors (Lipinski definition) is 0. The highest BCUT2D eigenvalue weighted by molar-refractivity contribution is 5.93. The van der Waals surface area contributed by atoms with Crippen molar-refractivity contribution in [3.63, 3.8) is 0 Å². The van der Waals surface area contributed by atoms with E-state index in [-0.39, 0.29) is 23.2 Å². The van der Waals surface area contributed by atoms with Gasteiger partial charge in [0.15, 0.2) is 11.2 Å².